The zero-order chi connectivity index (χ0) is 15.3. The van der Waals surface area contributed by atoms with Crippen molar-refractivity contribution in [2.75, 3.05) is 25.0 Å². The van der Waals surface area contributed by atoms with E-state index in [0.29, 0.717) is 12.2 Å². The van der Waals surface area contributed by atoms with Crippen molar-refractivity contribution in [3.63, 3.8) is 0 Å². The molecule has 6 heteroatoms. The number of nitrogens with one attached hydrogen (secondary N) is 1. The summed E-state index contributed by atoms with van der Waals surface area (Å²) in [7, 11) is 0. The second-order valence-electron chi connectivity index (χ2n) is 4.94. The van der Waals surface area contributed by atoms with E-state index in [9.17, 15) is 13.2 Å². The minimum atomic E-state index is -4.69. The van der Waals surface area contributed by atoms with E-state index in [0.717, 1.165) is 25.9 Å². The summed E-state index contributed by atoms with van der Waals surface area (Å²) in [6.45, 7) is 2.29. The molecule has 1 aliphatic rings. The van der Waals surface area contributed by atoms with Gasteiger partial charge in [0.1, 0.15) is 0 Å². The molecule has 1 aliphatic heterocycles. The van der Waals surface area contributed by atoms with E-state index < -0.39 is 6.36 Å². The summed E-state index contributed by atoms with van der Waals surface area (Å²) < 4.78 is 41.1. The van der Waals surface area contributed by atoms with E-state index in [2.05, 4.69) is 20.9 Å². The standard InChI is InChI=1S/C15H17F3N2O/c1-2-9-20-10-7-12(8-11-20)19-13-5-3-4-6-14(13)21-15(16,17)18/h1,3-6,12,19H,7-11H2. The van der Waals surface area contributed by atoms with Gasteiger partial charge in [0.2, 0.25) is 0 Å². The Morgan fingerprint density at radius 3 is 2.57 bits per heavy atom. The second kappa shape index (κ2) is 6.72. The van der Waals surface area contributed by atoms with E-state index in [-0.39, 0.29) is 11.8 Å². The van der Waals surface area contributed by atoms with Gasteiger partial charge in [-0.05, 0) is 25.0 Å². The number of nitrogens with zero attached hydrogens (tertiary/aromatic N) is 1. The fraction of sp³-hybridized carbons (Fsp3) is 0.467. The molecular formula is C15H17F3N2O. The quantitative estimate of drug-likeness (QED) is 0.865. The summed E-state index contributed by atoms with van der Waals surface area (Å²) in [6.07, 6.45) is 2.25. The van der Waals surface area contributed by atoms with Crippen LogP contribution in [0.3, 0.4) is 0 Å². The Labute approximate surface area is 122 Å². The first-order valence-corrected chi connectivity index (χ1v) is 6.75. The highest BCUT2D eigenvalue weighted by atomic mass is 19.4. The average Bonchev–Trinajstić information content (AvgIpc) is 2.42. The van der Waals surface area contributed by atoms with Crippen molar-refractivity contribution in [2.45, 2.75) is 25.2 Å². The minimum Gasteiger partial charge on any atom is -0.404 e. The third kappa shape index (κ3) is 4.87. The average molecular weight is 298 g/mol. The number of ether oxygens (including phenoxy) is 1. The number of alkyl halides is 3. The summed E-state index contributed by atoms with van der Waals surface area (Å²) >= 11 is 0. The Morgan fingerprint density at radius 1 is 1.29 bits per heavy atom. The summed E-state index contributed by atoms with van der Waals surface area (Å²) in [6, 6.07) is 6.22. The number of halogens is 3. The van der Waals surface area contributed by atoms with Crippen molar-refractivity contribution in [3.8, 4) is 18.1 Å². The number of benzene rings is 1. The van der Waals surface area contributed by atoms with Gasteiger partial charge in [-0.15, -0.1) is 19.6 Å². The lowest BCUT2D eigenvalue weighted by Gasteiger charge is -2.32. The fourth-order valence-corrected chi connectivity index (χ4v) is 2.38. The molecule has 0 unspecified atom stereocenters. The van der Waals surface area contributed by atoms with Crippen molar-refractivity contribution in [1.82, 2.24) is 4.90 Å². The van der Waals surface area contributed by atoms with Gasteiger partial charge in [-0.25, -0.2) is 0 Å². The van der Waals surface area contributed by atoms with Crippen LogP contribution in [0.15, 0.2) is 24.3 Å². The number of piperidine rings is 1. The van der Waals surface area contributed by atoms with E-state index >= 15 is 0 Å². The SMILES string of the molecule is C#CCN1CCC(Nc2ccccc2OC(F)(F)F)CC1. The number of terminal acetylenes is 1. The van der Waals surface area contributed by atoms with Crippen LogP contribution in [0, 0.1) is 12.3 Å². The highest BCUT2D eigenvalue weighted by Crippen LogP contribution is 2.31. The molecule has 1 aromatic rings. The molecule has 0 bridgehead atoms. The Kier molecular flexibility index (Phi) is 4.97. The first-order valence-electron chi connectivity index (χ1n) is 6.75. The molecule has 1 aromatic carbocycles. The van der Waals surface area contributed by atoms with Crippen LogP contribution < -0.4 is 10.1 Å². The van der Waals surface area contributed by atoms with Crippen molar-refractivity contribution in [1.29, 1.82) is 0 Å². The van der Waals surface area contributed by atoms with E-state index in [4.69, 9.17) is 6.42 Å². The van der Waals surface area contributed by atoms with Gasteiger partial charge in [-0.2, -0.15) is 0 Å². The molecule has 1 N–H and O–H groups in total. The Bertz CT molecular complexity index is 502. The van der Waals surface area contributed by atoms with Crippen LogP contribution in [0.1, 0.15) is 12.8 Å². The molecule has 0 saturated carbocycles. The third-order valence-corrected chi connectivity index (χ3v) is 3.37. The molecule has 114 valence electrons. The molecule has 0 amide bonds. The Morgan fingerprint density at radius 2 is 1.95 bits per heavy atom. The lowest BCUT2D eigenvalue weighted by molar-refractivity contribution is -0.274. The van der Waals surface area contributed by atoms with E-state index in [1.54, 1.807) is 12.1 Å². The number of likely N-dealkylation sites (tertiary alicyclic amines) is 1. The van der Waals surface area contributed by atoms with Crippen LogP contribution in [0.2, 0.25) is 0 Å². The molecule has 1 saturated heterocycles. The van der Waals surface area contributed by atoms with Crippen LogP contribution in [0.5, 0.6) is 5.75 Å². The van der Waals surface area contributed by atoms with Crippen molar-refractivity contribution < 1.29 is 17.9 Å². The number of para-hydroxylation sites is 2. The number of anilines is 1. The maximum Gasteiger partial charge on any atom is 0.573 e. The summed E-state index contributed by atoms with van der Waals surface area (Å²) in [5.74, 6) is 2.40. The lowest BCUT2D eigenvalue weighted by atomic mass is 10.0. The number of hydrogen-bond donors (Lipinski definition) is 1. The largest absolute Gasteiger partial charge is 0.573 e. The Balaban J connectivity index is 1.96. The van der Waals surface area contributed by atoms with Crippen LogP contribution in [0.25, 0.3) is 0 Å². The maximum absolute atomic E-state index is 12.4. The fourth-order valence-electron chi connectivity index (χ4n) is 2.38. The maximum atomic E-state index is 12.4. The van der Waals surface area contributed by atoms with Crippen LogP contribution >= 0.6 is 0 Å². The summed E-state index contributed by atoms with van der Waals surface area (Å²) in [5.41, 5.74) is 0.366. The predicted octanol–water partition coefficient (Wildman–Crippen LogP) is 3.09. The van der Waals surface area contributed by atoms with Gasteiger partial charge in [-0.3, -0.25) is 4.90 Å². The Hall–Kier alpha value is -1.87. The minimum absolute atomic E-state index is 0.122. The van der Waals surface area contributed by atoms with Crippen LogP contribution in [0.4, 0.5) is 18.9 Å². The molecule has 0 aliphatic carbocycles. The van der Waals surface area contributed by atoms with Crippen LogP contribution in [-0.2, 0) is 0 Å². The van der Waals surface area contributed by atoms with Crippen molar-refractivity contribution >= 4 is 5.69 Å². The van der Waals surface area contributed by atoms with Gasteiger partial charge in [0.25, 0.3) is 0 Å². The molecule has 0 radical (unpaired) electrons. The molecule has 2 rings (SSSR count). The molecule has 21 heavy (non-hydrogen) atoms. The zero-order valence-electron chi connectivity index (χ0n) is 11.5. The normalized spacial score (nSPS) is 17.2. The van der Waals surface area contributed by atoms with Crippen molar-refractivity contribution in [3.05, 3.63) is 24.3 Å². The zero-order valence-corrected chi connectivity index (χ0v) is 11.5. The monoisotopic (exact) mass is 298 g/mol. The lowest BCUT2D eigenvalue weighted by Crippen LogP contribution is -2.39. The van der Waals surface area contributed by atoms with Crippen molar-refractivity contribution in [2.24, 2.45) is 0 Å². The molecule has 3 nitrogen and oxygen atoms in total. The summed E-state index contributed by atoms with van der Waals surface area (Å²) in [4.78, 5) is 2.15. The molecule has 1 fully saturated rings. The van der Waals surface area contributed by atoms with Gasteiger partial charge >= 0.3 is 6.36 Å². The smallest absolute Gasteiger partial charge is 0.404 e. The van der Waals surface area contributed by atoms with E-state index in [1.807, 2.05) is 0 Å². The highest BCUT2D eigenvalue weighted by molar-refractivity contribution is 5.56. The van der Waals surface area contributed by atoms with Gasteiger partial charge in [-0.1, -0.05) is 18.1 Å². The molecule has 0 atom stereocenters. The summed E-state index contributed by atoms with van der Waals surface area (Å²) in [5, 5.41) is 3.13. The van der Waals surface area contributed by atoms with Gasteiger partial charge in [0.15, 0.2) is 5.75 Å². The first-order chi connectivity index (χ1) is 9.98. The van der Waals surface area contributed by atoms with Gasteiger partial charge in [0.05, 0.1) is 12.2 Å². The number of hydrogen-bond acceptors (Lipinski definition) is 3. The predicted molar refractivity (Wildman–Crippen MR) is 75.0 cm³/mol. The molecule has 0 spiro atoms. The molecule has 1 heterocycles. The second-order valence-corrected chi connectivity index (χ2v) is 4.94. The molecular weight excluding hydrogens is 281 g/mol. The first kappa shape index (κ1) is 15.5. The van der Waals surface area contributed by atoms with Crippen LogP contribution in [-0.4, -0.2) is 36.9 Å². The van der Waals surface area contributed by atoms with Gasteiger partial charge < -0.3 is 10.1 Å². The van der Waals surface area contributed by atoms with Gasteiger partial charge in [0, 0.05) is 19.1 Å². The topological polar surface area (TPSA) is 24.5 Å². The van der Waals surface area contributed by atoms with E-state index in [1.165, 1.54) is 12.1 Å². The number of rotatable bonds is 4. The molecule has 0 aromatic heterocycles. The highest BCUT2D eigenvalue weighted by Gasteiger charge is 2.32. The third-order valence-electron chi connectivity index (χ3n) is 3.37.